The van der Waals surface area contributed by atoms with E-state index < -0.39 is 0 Å². The van der Waals surface area contributed by atoms with Gasteiger partial charge in [0.2, 0.25) is 0 Å². The maximum Gasteiger partial charge on any atom is 0.119 e. The van der Waals surface area contributed by atoms with Crippen molar-refractivity contribution in [2.24, 2.45) is 0 Å². The summed E-state index contributed by atoms with van der Waals surface area (Å²) in [5.74, 6) is 1.81. The highest BCUT2D eigenvalue weighted by atomic mass is 16.5. The average Bonchev–Trinajstić information content (AvgIpc) is 2.53. The summed E-state index contributed by atoms with van der Waals surface area (Å²) in [6, 6.07) is 16.3. The van der Waals surface area contributed by atoms with Crippen LogP contribution >= 0.6 is 0 Å². The van der Waals surface area contributed by atoms with Gasteiger partial charge in [0.25, 0.3) is 0 Å². The van der Waals surface area contributed by atoms with Gasteiger partial charge >= 0.3 is 0 Å². The second-order valence-corrected chi connectivity index (χ2v) is 5.46. The fraction of sp³-hybridized carbons (Fsp3) is 0.368. The van der Waals surface area contributed by atoms with Gasteiger partial charge in [-0.25, -0.2) is 0 Å². The van der Waals surface area contributed by atoms with Gasteiger partial charge in [-0.3, -0.25) is 0 Å². The zero-order valence-corrected chi connectivity index (χ0v) is 13.6. The predicted octanol–water partition coefficient (Wildman–Crippen LogP) is 4.53. The summed E-state index contributed by atoms with van der Waals surface area (Å²) < 4.78 is 11.3. The molecule has 0 aromatic heterocycles. The molecule has 0 amide bonds. The lowest BCUT2D eigenvalue weighted by Gasteiger charge is -2.11. The third kappa shape index (κ3) is 5.32. The molecule has 3 heteroatoms. The minimum absolute atomic E-state index is 0.200. The molecule has 3 nitrogen and oxygen atoms in total. The van der Waals surface area contributed by atoms with Crippen LogP contribution in [0.1, 0.15) is 26.3 Å². The van der Waals surface area contributed by atoms with E-state index in [1.165, 1.54) is 5.56 Å². The summed E-state index contributed by atoms with van der Waals surface area (Å²) in [6.07, 6.45) is 1.25. The van der Waals surface area contributed by atoms with Gasteiger partial charge in [-0.15, -0.1) is 0 Å². The Morgan fingerprint density at radius 3 is 2.14 bits per heavy atom. The second kappa shape index (κ2) is 8.32. The zero-order valence-electron chi connectivity index (χ0n) is 13.6. The predicted molar refractivity (Wildman–Crippen MR) is 92.0 cm³/mol. The summed E-state index contributed by atoms with van der Waals surface area (Å²) in [7, 11) is 0. The molecule has 0 radical (unpaired) electrons. The van der Waals surface area contributed by atoms with Crippen LogP contribution in [0.5, 0.6) is 11.5 Å². The van der Waals surface area contributed by atoms with Crippen LogP contribution in [0, 0.1) is 0 Å². The molecule has 22 heavy (non-hydrogen) atoms. The largest absolute Gasteiger partial charge is 0.492 e. The zero-order chi connectivity index (χ0) is 15.8. The Hall–Kier alpha value is -2.16. The Balaban J connectivity index is 1.71. The molecular formula is C19H25NO2. The molecule has 0 aliphatic rings. The Morgan fingerprint density at radius 1 is 0.909 bits per heavy atom. The highest BCUT2D eigenvalue weighted by Gasteiger charge is 1.98. The van der Waals surface area contributed by atoms with Crippen LogP contribution < -0.4 is 14.8 Å². The number of ether oxygens (including phenoxy) is 2. The first-order valence-electron chi connectivity index (χ1n) is 7.89. The van der Waals surface area contributed by atoms with Crippen molar-refractivity contribution in [2.45, 2.75) is 33.3 Å². The summed E-state index contributed by atoms with van der Waals surface area (Å²) in [5.41, 5.74) is 2.40. The van der Waals surface area contributed by atoms with Gasteiger partial charge in [0.15, 0.2) is 0 Å². The lowest BCUT2D eigenvalue weighted by Crippen LogP contribution is -2.11. The number of anilines is 1. The molecule has 0 aliphatic carbocycles. The molecule has 0 saturated heterocycles. The molecule has 2 rings (SSSR count). The lowest BCUT2D eigenvalue weighted by atomic mass is 10.2. The van der Waals surface area contributed by atoms with Crippen molar-refractivity contribution in [3.8, 4) is 11.5 Å². The van der Waals surface area contributed by atoms with Gasteiger partial charge in [-0.1, -0.05) is 19.1 Å². The van der Waals surface area contributed by atoms with Crippen LogP contribution in [0.2, 0.25) is 0 Å². The second-order valence-electron chi connectivity index (χ2n) is 5.46. The number of nitrogens with one attached hydrogen (secondary N) is 1. The van der Waals surface area contributed by atoms with Crippen LogP contribution in [0.4, 0.5) is 5.69 Å². The highest BCUT2D eigenvalue weighted by molar-refractivity contribution is 5.46. The number of aryl methyl sites for hydroxylation is 1. The van der Waals surface area contributed by atoms with Crippen LogP contribution in [-0.4, -0.2) is 19.3 Å². The van der Waals surface area contributed by atoms with Crippen molar-refractivity contribution in [1.82, 2.24) is 0 Å². The molecule has 0 heterocycles. The Kier molecular flexibility index (Phi) is 6.13. The smallest absolute Gasteiger partial charge is 0.119 e. The molecule has 0 atom stereocenters. The van der Waals surface area contributed by atoms with Crippen molar-refractivity contribution in [1.29, 1.82) is 0 Å². The van der Waals surface area contributed by atoms with Crippen LogP contribution in [0.25, 0.3) is 0 Å². The first-order valence-corrected chi connectivity index (χ1v) is 7.89. The Labute approximate surface area is 133 Å². The molecule has 0 unspecified atom stereocenters. The molecule has 0 fully saturated rings. The maximum absolute atomic E-state index is 5.72. The molecule has 0 aliphatic heterocycles. The average molecular weight is 299 g/mol. The first kappa shape index (κ1) is 16.2. The Morgan fingerprint density at radius 2 is 1.55 bits per heavy atom. The maximum atomic E-state index is 5.72. The van der Waals surface area contributed by atoms with Crippen molar-refractivity contribution in [3.05, 3.63) is 54.1 Å². The number of rotatable bonds is 8. The van der Waals surface area contributed by atoms with E-state index >= 15 is 0 Å². The lowest BCUT2D eigenvalue weighted by molar-refractivity contribution is 0.242. The van der Waals surface area contributed by atoms with E-state index in [1.54, 1.807) is 0 Å². The van der Waals surface area contributed by atoms with E-state index in [9.17, 15) is 0 Å². The van der Waals surface area contributed by atoms with Crippen molar-refractivity contribution >= 4 is 5.69 Å². The summed E-state index contributed by atoms with van der Waals surface area (Å²) in [6.45, 7) is 7.60. The summed E-state index contributed by atoms with van der Waals surface area (Å²) >= 11 is 0. The third-order valence-corrected chi connectivity index (χ3v) is 3.26. The van der Waals surface area contributed by atoms with Gasteiger partial charge in [0, 0.05) is 12.2 Å². The molecule has 0 bridgehead atoms. The molecule has 1 N–H and O–H groups in total. The van der Waals surface area contributed by atoms with Crippen molar-refractivity contribution in [3.63, 3.8) is 0 Å². The van der Waals surface area contributed by atoms with E-state index in [0.717, 1.165) is 30.2 Å². The quantitative estimate of drug-likeness (QED) is 0.727. The van der Waals surface area contributed by atoms with E-state index in [4.69, 9.17) is 9.47 Å². The topological polar surface area (TPSA) is 30.5 Å². The van der Waals surface area contributed by atoms with E-state index in [-0.39, 0.29) is 6.10 Å². The molecule has 0 saturated carbocycles. The minimum atomic E-state index is 0.200. The van der Waals surface area contributed by atoms with Gasteiger partial charge in [-0.2, -0.15) is 0 Å². The fourth-order valence-corrected chi connectivity index (χ4v) is 2.11. The molecule has 2 aromatic carbocycles. The van der Waals surface area contributed by atoms with Crippen LogP contribution in [-0.2, 0) is 6.42 Å². The number of hydrogen-bond acceptors (Lipinski definition) is 3. The van der Waals surface area contributed by atoms with Gasteiger partial charge in [-0.05, 0) is 62.2 Å². The minimum Gasteiger partial charge on any atom is -0.492 e. The fourth-order valence-electron chi connectivity index (χ4n) is 2.11. The SMILES string of the molecule is CCc1ccc(OCCNc2ccc(OC(C)C)cc2)cc1. The third-order valence-electron chi connectivity index (χ3n) is 3.26. The molecular weight excluding hydrogens is 274 g/mol. The van der Waals surface area contributed by atoms with Gasteiger partial charge in [0.1, 0.15) is 18.1 Å². The number of hydrogen-bond donors (Lipinski definition) is 1. The van der Waals surface area contributed by atoms with Gasteiger partial charge in [0.05, 0.1) is 6.10 Å². The summed E-state index contributed by atoms with van der Waals surface area (Å²) in [5, 5.41) is 3.34. The molecule has 118 valence electrons. The van der Waals surface area contributed by atoms with Crippen LogP contribution in [0.15, 0.2) is 48.5 Å². The van der Waals surface area contributed by atoms with E-state index in [0.29, 0.717) is 6.61 Å². The standard InChI is InChI=1S/C19H25NO2/c1-4-16-5-9-18(10-6-16)21-14-13-20-17-7-11-19(12-8-17)22-15(2)3/h5-12,15,20H,4,13-14H2,1-3H3. The van der Waals surface area contributed by atoms with Crippen molar-refractivity contribution in [2.75, 3.05) is 18.5 Å². The normalized spacial score (nSPS) is 10.5. The van der Waals surface area contributed by atoms with E-state index in [2.05, 4.69) is 24.4 Å². The number of benzene rings is 2. The monoisotopic (exact) mass is 299 g/mol. The van der Waals surface area contributed by atoms with E-state index in [1.807, 2.05) is 50.2 Å². The first-order chi connectivity index (χ1) is 10.7. The summed E-state index contributed by atoms with van der Waals surface area (Å²) in [4.78, 5) is 0. The van der Waals surface area contributed by atoms with Crippen LogP contribution in [0.3, 0.4) is 0 Å². The molecule has 0 spiro atoms. The van der Waals surface area contributed by atoms with Gasteiger partial charge < -0.3 is 14.8 Å². The highest BCUT2D eigenvalue weighted by Crippen LogP contribution is 2.17. The van der Waals surface area contributed by atoms with Crippen molar-refractivity contribution < 1.29 is 9.47 Å². The Bertz CT molecular complexity index is 547. The molecule has 2 aromatic rings.